The van der Waals surface area contributed by atoms with Crippen LogP contribution in [0.4, 0.5) is 0 Å². The molecular formula is C16H26N4O2. The highest BCUT2D eigenvalue weighted by Gasteiger charge is 2.36. The van der Waals surface area contributed by atoms with Crippen molar-refractivity contribution in [3.8, 4) is 0 Å². The van der Waals surface area contributed by atoms with Crippen LogP contribution in [0.15, 0.2) is 4.52 Å². The standard InChI is InChI=1S/C16H26N4O2/c1-10(2)16-18-15(19-22-16)13-7-4-8-20(13)14(21)9-11-5-3-6-12(11)17/h10-13H,3-9,17H2,1-2H3/t11-,12+,13?/m0/s1. The number of amides is 1. The van der Waals surface area contributed by atoms with Gasteiger partial charge in [-0.15, -0.1) is 0 Å². The molecule has 1 aliphatic carbocycles. The highest BCUT2D eigenvalue weighted by molar-refractivity contribution is 5.77. The van der Waals surface area contributed by atoms with Gasteiger partial charge in [0, 0.05) is 24.9 Å². The van der Waals surface area contributed by atoms with E-state index in [4.69, 9.17) is 10.3 Å². The summed E-state index contributed by atoms with van der Waals surface area (Å²) in [6.45, 7) is 4.84. The zero-order valence-electron chi connectivity index (χ0n) is 13.5. The lowest BCUT2D eigenvalue weighted by molar-refractivity contribution is -0.133. The molecule has 0 spiro atoms. The summed E-state index contributed by atoms with van der Waals surface area (Å²) < 4.78 is 5.30. The third kappa shape index (κ3) is 3.02. The van der Waals surface area contributed by atoms with Gasteiger partial charge in [0.2, 0.25) is 11.8 Å². The van der Waals surface area contributed by atoms with E-state index in [1.807, 2.05) is 18.7 Å². The average Bonchev–Trinajstić information content (AvgIpc) is 3.18. The molecule has 1 aromatic heterocycles. The van der Waals surface area contributed by atoms with E-state index >= 15 is 0 Å². The van der Waals surface area contributed by atoms with Crippen molar-refractivity contribution in [3.63, 3.8) is 0 Å². The van der Waals surface area contributed by atoms with Crippen molar-refractivity contribution in [1.82, 2.24) is 15.0 Å². The summed E-state index contributed by atoms with van der Waals surface area (Å²) in [6, 6.07) is 0.157. The molecule has 22 heavy (non-hydrogen) atoms. The second kappa shape index (κ2) is 6.36. The molecule has 2 N–H and O–H groups in total. The summed E-state index contributed by atoms with van der Waals surface area (Å²) in [7, 11) is 0. The molecule has 122 valence electrons. The molecule has 1 unspecified atom stereocenters. The van der Waals surface area contributed by atoms with Crippen LogP contribution in [0.25, 0.3) is 0 Å². The van der Waals surface area contributed by atoms with E-state index in [0.29, 0.717) is 24.1 Å². The Hall–Kier alpha value is -1.43. The Morgan fingerprint density at radius 1 is 1.36 bits per heavy atom. The van der Waals surface area contributed by atoms with E-state index in [0.717, 1.165) is 38.6 Å². The van der Waals surface area contributed by atoms with Crippen LogP contribution in [0.2, 0.25) is 0 Å². The van der Waals surface area contributed by atoms with Gasteiger partial charge in [0.15, 0.2) is 5.82 Å². The molecule has 2 heterocycles. The van der Waals surface area contributed by atoms with E-state index in [1.54, 1.807) is 0 Å². The van der Waals surface area contributed by atoms with Gasteiger partial charge in [-0.3, -0.25) is 4.79 Å². The molecule has 0 radical (unpaired) electrons. The van der Waals surface area contributed by atoms with Crippen LogP contribution in [-0.4, -0.2) is 33.5 Å². The van der Waals surface area contributed by atoms with Gasteiger partial charge in [-0.05, 0) is 31.6 Å². The van der Waals surface area contributed by atoms with Crippen molar-refractivity contribution in [2.45, 2.75) is 70.4 Å². The summed E-state index contributed by atoms with van der Waals surface area (Å²) in [6.07, 6.45) is 5.74. The van der Waals surface area contributed by atoms with Gasteiger partial charge < -0.3 is 15.2 Å². The van der Waals surface area contributed by atoms with E-state index in [1.165, 1.54) is 0 Å². The summed E-state index contributed by atoms with van der Waals surface area (Å²) >= 11 is 0. The van der Waals surface area contributed by atoms with Crippen molar-refractivity contribution in [1.29, 1.82) is 0 Å². The zero-order valence-corrected chi connectivity index (χ0v) is 13.5. The van der Waals surface area contributed by atoms with Crippen LogP contribution < -0.4 is 5.73 Å². The summed E-state index contributed by atoms with van der Waals surface area (Å²) in [5.41, 5.74) is 6.10. The van der Waals surface area contributed by atoms with Gasteiger partial charge >= 0.3 is 0 Å². The van der Waals surface area contributed by atoms with E-state index in [2.05, 4.69) is 10.1 Å². The lowest BCUT2D eigenvalue weighted by atomic mass is 9.99. The number of carbonyl (C=O) groups is 1. The Morgan fingerprint density at radius 3 is 2.82 bits per heavy atom. The molecule has 1 saturated heterocycles. The molecule has 1 saturated carbocycles. The monoisotopic (exact) mass is 306 g/mol. The predicted molar refractivity (Wildman–Crippen MR) is 82.0 cm³/mol. The lowest BCUT2D eigenvalue weighted by Crippen LogP contribution is -2.35. The molecule has 2 fully saturated rings. The molecule has 2 aliphatic rings. The fourth-order valence-electron chi connectivity index (χ4n) is 3.61. The van der Waals surface area contributed by atoms with E-state index < -0.39 is 0 Å². The molecule has 1 aliphatic heterocycles. The van der Waals surface area contributed by atoms with Crippen LogP contribution >= 0.6 is 0 Å². The number of hydrogen-bond acceptors (Lipinski definition) is 5. The average molecular weight is 306 g/mol. The maximum atomic E-state index is 12.7. The quantitative estimate of drug-likeness (QED) is 0.923. The van der Waals surface area contributed by atoms with Crippen LogP contribution in [0.3, 0.4) is 0 Å². The third-order valence-electron chi connectivity index (χ3n) is 4.98. The van der Waals surface area contributed by atoms with Gasteiger partial charge in [0.25, 0.3) is 0 Å². The normalized spacial score (nSPS) is 28.7. The van der Waals surface area contributed by atoms with Gasteiger partial charge in [-0.1, -0.05) is 25.4 Å². The van der Waals surface area contributed by atoms with Crippen LogP contribution in [0.5, 0.6) is 0 Å². The third-order valence-corrected chi connectivity index (χ3v) is 4.98. The zero-order chi connectivity index (χ0) is 15.7. The minimum absolute atomic E-state index is 0.0265. The number of aromatic nitrogens is 2. The summed E-state index contributed by atoms with van der Waals surface area (Å²) in [4.78, 5) is 19.1. The summed E-state index contributed by atoms with van der Waals surface area (Å²) in [5, 5.41) is 4.09. The molecule has 6 nitrogen and oxygen atoms in total. The Balaban J connectivity index is 1.68. The first-order chi connectivity index (χ1) is 10.6. The molecule has 1 aromatic rings. The number of carbonyl (C=O) groups excluding carboxylic acids is 1. The molecule has 3 atom stereocenters. The van der Waals surface area contributed by atoms with Gasteiger partial charge in [-0.2, -0.15) is 4.98 Å². The highest BCUT2D eigenvalue weighted by atomic mass is 16.5. The van der Waals surface area contributed by atoms with E-state index in [9.17, 15) is 4.79 Å². The fourth-order valence-corrected chi connectivity index (χ4v) is 3.61. The van der Waals surface area contributed by atoms with Crippen molar-refractivity contribution >= 4 is 5.91 Å². The van der Waals surface area contributed by atoms with Crippen LogP contribution in [0.1, 0.15) is 76.0 Å². The first-order valence-corrected chi connectivity index (χ1v) is 8.44. The smallest absolute Gasteiger partial charge is 0.229 e. The number of nitrogens with two attached hydrogens (primary N) is 1. The van der Waals surface area contributed by atoms with Gasteiger partial charge in [-0.25, -0.2) is 0 Å². The Labute approximate surface area is 131 Å². The highest BCUT2D eigenvalue weighted by Crippen LogP contribution is 2.34. The van der Waals surface area contributed by atoms with Gasteiger partial charge in [0.05, 0.1) is 6.04 Å². The second-order valence-electron chi connectivity index (χ2n) is 6.95. The maximum absolute atomic E-state index is 12.7. The van der Waals surface area contributed by atoms with Crippen LogP contribution in [0, 0.1) is 5.92 Å². The molecule has 0 aromatic carbocycles. The van der Waals surface area contributed by atoms with Crippen molar-refractivity contribution in [3.05, 3.63) is 11.7 Å². The first-order valence-electron chi connectivity index (χ1n) is 8.44. The Bertz CT molecular complexity index is 528. The van der Waals surface area contributed by atoms with Crippen molar-refractivity contribution in [2.75, 3.05) is 6.54 Å². The largest absolute Gasteiger partial charge is 0.339 e. The SMILES string of the molecule is CC(C)c1nc(C2CCCN2C(=O)C[C@@H]2CCC[C@H]2N)no1. The molecule has 3 rings (SSSR count). The first kappa shape index (κ1) is 15.5. The Kier molecular flexibility index (Phi) is 4.47. The topological polar surface area (TPSA) is 85.2 Å². The van der Waals surface area contributed by atoms with E-state index in [-0.39, 0.29) is 23.9 Å². The number of rotatable bonds is 4. The minimum Gasteiger partial charge on any atom is -0.339 e. The number of nitrogens with zero attached hydrogens (tertiary/aromatic N) is 3. The van der Waals surface area contributed by atoms with Gasteiger partial charge in [0.1, 0.15) is 0 Å². The lowest BCUT2D eigenvalue weighted by Gasteiger charge is -2.25. The predicted octanol–water partition coefficient (Wildman–Crippen LogP) is 2.37. The van der Waals surface area contributed by atoms with Crippen LogP contribution in [-0.2, 0) is 4.79 Å². The number of likely N-dealkylation sites (tertiary alicyclic amines) is 1. The molecule has 6 heteroatoms. The molecule has 1 amide bonds. The van der Waals surface area contributed by atoms with Crippen molar-refractivity contribution in [2.24, 2.45) is 11.7 Å². The fraction of sp³-hybridized carbons (Fsp3) is 0.812. The van der Waals surface area contributed by atoms with Crippen molar-refractivity contribution < 1.29 is 9.32 Å². The number of hydrogen-bond donors (Lipinski definition) is 1. The second-order valence-corrected chi connectivity index (χ2v) is 6.95. The minimum atomic E-state index is -0.0265. The molecule has 0 bridgehead atoms. The maximum Gasteiger partial charge on any atom is 0.229 e. The molecular weight excluding hydrogens is 280 g/mol. The Morgan fingerprint density at radius 2 is 2.18 bits per heavy atom. The summed E-state index contributed by atoms with van der Waals surface area (Å²) in [5.74, 6) is 2.05.